The number of carbonyl (C=O) groups excluding carboxylic acids is 3. The number of fused-ring (bicyclic) bond motifs is 1. The van der Waals surface area contributed by atoms with Crippen LogP contribution in [0.5, 0.6) is 23.0 Å². The van der Waals surface area contributed by atoms with Crippen molar-refractivity contribution < 1.29 is 42.3 Å². The third-order valence-corrected chi connectivity index (χ3v) is 10.4. The molecular formula is C45H57FN3O7+. The van der Waals surface area contributed by atoms with E-state index in [1.807, 2.05) is 16.7 Å². The number of nitrogens with zero attached hydrogens (tertiary/aromatic N) is 1. The smallest absolute Gasteiger partial charge is 0.310 e. The molecule has 2 N–H and O–H groups in total. The van der Waals surface area contributed by atoms with Gasteiger partial charge < -0.3 is 29.6 Å². The number of hydrogen-bond acceptors (Lipinski definition) is 7. The van der Waals surface area contributed by atoms with Gasteiger partial charge in [0.05, 0.1) is 25.7 Å². The number of esters is 1. The molecule has 4 aromatic rings. The van der Waals surface area contributed by atoms with Crippen LogP contribution in [0.25, 0.3) is 10.9 Å². The van der Waals surface area contributed by atoms with Crippen molar-refractivity contribution in [3.63, 3.8) is 0 Å². The van der Waals surface area contributed by atoms with Crippen LogP contribution in [0, 0.1) is 11.2 Å². The van der Waals surface area contributed by atoms with Crippen LogP contribution in [0.3, 0.4) is 0 Å². The Bertz CT molecular complexity index is 1890. The zero-order chi connectivity index (χ0) is 39.8. The van der Waals surface area contributed by atoms with Gasteiger partial charge in [-0.25, -0.2) is 4.39 Å². The summed E-state index contributed by atoms with van der Waals surface area (Å²) in [5, 5.41) is 6.27. The summed E-state index contributed by atoms with van der Waals surface area (Å²) >= 11 is 0. The number of halogens is 1. The number of ether oxygens (including phenoxy) is 4. The second-order valence-electron chi connectivity index (χ2n) is 14.6. The first-order chi connectivity index (χ1) is 27.3. The molecule has 0 bridgehead atoms. The second kappa shape index (κ2) is 21.2. The van der Waals surface area contributed by atoms with Gasteiger partial charge in [-0.3, -0.25) is 14.4 Å². The van der Waals surface area contributed by atoms with Crippen molar-refractivity contribution >= 4 is 40.1 Å². The molecule has 300 valence electrons. The summed E-state index contributed by atoms with van der Waals surface area (Å²) in [4.78, 5) is 38.8. The number of carbonyl (C=O) groups is 3. The molecule has 0 aliphatic heterocycles. The van der Waals surface area contributed by atoms with Crippen molar-refractivity contribution in [1.29, 1.82) is 0 Å². The van der Waals surface area contributed by atoms with Gasteiger partial charge in [-0.1, -0.05) is 84.0 Å². The number of amides is 2. The maximum atomic E-state index is 13.3. The lowest BCUT2D eigenvalue weighted by Crippen LogP contribution is -2.36. The molecule has 0 radical (unpaired) electrons. The van der Waals surface area contributed by atoms with Crippen LogP contribution >= 0.6 is 0 Å². The number of benzene rings is 3. The number of unbranched alkanes of at least 4 members (excludes halogenated alkanes) is 12. The molecule has 1 aliphatic rings. The van der Waals surface area contributed by atoms with Gasteiger partial charge in [-0.15, -0.1) is 0 Å². The van der Waals surface area contributed by atoms with E-state index in [-0.39, 0.29) is 12.7 Å². The van der Waals surface area contributed by atoms with Crippen LogP contribution < -0.4 is 29.4 Å². The minimum absolute atomic E-state index is 0.0291. The van der Waals surface area contributed by atoms with Crippen molar-refractivity contribution in [2.24, 2.45) is 5.41 Å². The third-order valence-electron chi connectivity index (χ3n) is 10.4. The summed E-state index contributed by atoms with van der Waals surface area (Å²) in [6.07, 6.45) is 19.2. The quantitative estimate of drug-likeness (QED) is 0.0315. The van der Waals surface area contributed by atoms with Gasteiger partial charge in [0.2, 0.25) is 17.3 Å². The van der Waals surface area contributed by atoms with E-state index in [0.717, 1.165) is 19.3 Å². The van der Waals surface area contributed by atoms with Crippen molar-refractivity contribution in [2.75, 3.05) is 24.9 Å². The fraction of sp³-hybridized carbons (Fsp3) is 0.467. The molecule has 0 saturated heterocycles. The standard InChI is InChI=1S/C45H56FN3O7/c1-4-5-6-7-8-9-10-11-12-13-14-15-16-17-42(50)55-32-49-29-26-39(37-30-40(53-2)41(54-3)31-38(37)49)56-36-24-22-35(23-25-36)48-44(52)45(27-28-45)43(51)47-34-20-18-33(46)19-21-34/h18-26,29-31H,4-17,27-28,32H2,1-3H3,(H-,47,48,51,52)/p+1. The zero-order valence-electron chi connectivity index (χ0n) is 33.1. The molecule has 56 heavy (non-hydrogen) atoms. The minimum atomic E-state index is -1.18. The molecule has 0 atom stereocenters. The first kappa shape index (κ1) is 42.0. The monoisotopic (exact) mass is 770 g/mol. The van der Waals surface area contributed by atoms with E-state index in [2.05, 4.69) is 17.6 Å². The lowest BCUT2D eigenvalue weighted by molar-refractivity contribution is -0.703. The van der Waals surface area contributed by atoms with Gasteiger partial charge in [0.25, 0.3) is 6.73 Å². The molecule has 1 aliphatic carbocycles. The van der Waals surface area contributed by atoms with Crippen molar-refractivity contribution in [2.45, 2.75) is 116 Å². The van der Waals surface area contributed by atoms with E-state index in [4.69, 9.17) is 18.9 Å². The molecule has 1 aromatic heterocycles. The predicted octanol–water partition coefficient (Wildman–Crippen LogP) is 10.4. The topological polar surface area (TPSA) is 116 Å². The Morgan fingerprint density at radius 2 is 1.20 bits per heavy atom. The van der Waals surface area contributed by atoms with Gasteiger partial charge in [-0.05, 0) is 67.8 Å². The summed E-state index contributed by atoms with van der Waals surface area (Å²) in [6, 6.07) is 17.7. The average Bonchev–Trinajstić information content (AvgIpc) is 4.03. The fourth-order valence-electron chi connectivity index (χ4n) is 6.78. The van der Waals surface area contributed by atoms with Crippen LogP contribution in [-0.4, -0.2) is 32.0 Å². The number of rotatable bonds is 24. The largest absolute Gasteiger partial charge is 0.493 e. The van der Waals surface area contributed by atoms with Crippen LogP contribution in [0.15, 0.2) is 72.9 Å². The average molecular weight is 771 g/mol. The van der Waals surface area contributed by atoms with Crippen LogP contribution in [0.1, 0.15) is 110 Å². The number of hydrogen-bond donors (Lipinski definition) is 2. The highest BCUT2D eigenvalue weighted by Gasteiger charge is 2.56. The molecule has 1 heterocycles. The van der Waals surface area contributed by atoms with E-state index in [1.165, 1.54) is 88.5 Å². The van der Waals surface area contributed by atoms with E-state index >= 15 is 0 Å². The number of anilines is 2. The lowest BCUT2D eigenvalue weighted by atomic mass is 10.0. The van der Waals surface area contributed by atoms with Gasteiger partial charge in [-0.2, -0.15) is 4.57 Å². The van der Waals surface area contributed by atoms with Crippen LogP contribution in [0.2, 0.25) is 0 Å². The van der Waals surface area contributed by atoms with E-state index in [1.54, 1.807) is 50.7 Å². The van der Waals surface area contributed by atoms with Gasteiger partial charge in [0.1, 0.15) is 22.7 Å². The SMILES string of the molecule is CCCCCCCCCCCCCCCC(=O)OC[n+]1ccc(Oc2ccc(NC(=O)C3(C(=O)Nc4ccc(F)cc4)CC3)cc2)c2cc(OC)c(OC)cc21. The van der Waals surface area contributed by atoms with Crippen LogP contribution in [0.4, 0.5) is 15.8 Å². The highest BCUT2D eigenvalue weighted by Crippen LogP contribution is 2.47. The number of methoxy groups -OCH3 is 2. The molecule has 1 fully saturated rings. The Hall–Kier alpha value is -5.19. The Morgan fingerprint density at radius 3 is 1.73 bits per heavy atom. The number of nitrogens with one attached hydrogen (secondary N) is 2. The predicted molar refractivity (Wildman–Crippen MR) is 215 cm³/mol. The maximum Gasteiger partial charge on any atom is 0.310 e. The molecule has 0 spiro atoms. The number of aromatic nitrogens is 1. The van der Waals surface area contributed by atoms with E-state index < -0.39 is 23.0 Å². The molecule has 11 heteroatoms. The first-order valence-electron chi connectivity index (χ1n) is 20.2. The Balaban J connectivity index is 1.12. The minimum Gasteiger partial charge on any atom is -0.493 e. The third kappa shape index (κ3) is 11.9. The van der Waals surface area contributed by atoms with E-state index in [0.29, 0.717) is 64.5 Å². The zero-order valence-corrected chi connectivity index (χ0v) is 33.1. The lowest BCUT2D eigenvalue weighted by Gasteiger charge is -2.16. The normalized spacial score (nSPS) is 12.9. The fourth-order valence-corrected chi connectivity index (χ4v) is 6.78. The molecular weight excluding hydrogens is 714 g/mol. The number of pyridine rings is 1. The summed E-state index contributed by atoms with van der Waals surface area (Å²) < 4.78 is 38.3. The second-order valence-corrected chi connectivity index (χ2v) is 14.6. The molecule has 10 nitrogen and oxygen atoms in total. The highest BCUT2D eigenvalue weighted by molar-refractivity contribution is 6.16. The highest BCUT2D eigenvalue weighted by atomic mass is 19.1. The maximum absolute atomic E-state index is 13.3. The van der Waals surface area contributed by atoms with Gasteiger partial charge >= 0.3 is 5.97 Å². The van der Waals surface area contributed by atoms with Gasteiger partial charge in [0.15, 0.2) is 17.7 Å². The van der Waals surface area contributed by atoms with Gasteiger partial charge in [0, 0.05) is 29.9 Å². The molecule has 3 aromatic carbocycles. The summed E-state index contributed by atoms with van der Waals surface area (Å²) in [5.74, 6) is 0.593. The Labute approximate surface area is 330 Å². The molecule has 2 amide bonds. The van der Waals surface area contributed by atoms with Crippen molar-refractivity contribution in [1.82, 2.24) is 0 Å². The molecule has 5 rings (SSSR count). The summed E-state index contributed by atoms with van der Waals surface area (Å²) in [5.41, 5.74) is 0.466. The molecule has 1 saturated carbocycles. The first-order valence-corrected chi connectivity index (χ1v) is 20.2. The summed E-state index contributed by atoms with van der Waals surface area (Å²) in [6.45, 7) is 2.28. The Morgan fingerprint density at radius 1 is 0.679 bits per heavy atom. The van der Waals surface area contributed by atoms with Crippen molar-refractivity contribution in [3.05, 3.63) is 78.7 Å². The molecule has 0 unspecified atom stereocenters. The van der Waals surface area contributed by atoms with Crippen LogP contribution in [-0.2, 0) is 25.9 Å². The Kier molecular flexibility index (Phi) is 15.9. The van der Waals surface area contributed by atoms with E-state index in [9.17, 15) is 18.8 Å². The van der Waals surface area contributed by atoms with Crippen molar-refractivity contribution in [3.8, 4) is 23.0 Å². The summed E-state index contributed by atoms with van der Waals surface area (Å²) in [7, 11) is 3.12.